The molecule has 0 atom stereocenters. The van der Waals surface area contributed by atoms with E-state index >= 15 is 0 Å². The van der Waals surface area contributed by atoms with Gasteiger partial charge < -0.3 is 14.9 Å². The first-order chi connectivity index (χ1) is 8.58. The van der Waals surface area contributed by atoms with Gasteiger partial charge in [0.2, 0.25) is 5.91 Å². The fourth-order valence-corrected chi connectivity index (χ4v) is 2.81. The van der Waals surface area contributed by atoms with Crippen LogP contribution in [-0.2, 0) is 9.59 Å². The maximum Gasteiger partial charge on any atom is 0.323 e. The molecule has 1 heterocycles. The zero-order chi connectivity index (χ0) is 13.1. The quantitative estimate of drug-likeness (QED) is 0.767. The zero-order valence-corrected chi connectivity index (χ0v) is 10.8. The molecule has 2 amide bonds. The summed E-state index contributed by atoms with van der Waals surface area (Å²) in [6, 6.07) is 0.0947. The Hall–Kier alpha value is -1.24. The first-order valence-electron chi connectivity index (χ1n) is 6.01. The molecule has 1 N–H and O–H groups in total. The summed E-state index contributed by atoms with van der Waals surface area (Å²) in [7, 11) is 0. The van der Waals surface area contributed by atoms with Crippen molar-refractivity contribution in [1.82, 2.24) is 9.80 Å². The molecule has 18 heavy (non-hydrogen) atoms. The monoisotopic (exact) mass is 272 g/mol. The second-order valence-electron chi connectivity index (χ2n) is 4.50. The summed E-state index contributed by atoms with van der Waals surface area (Å²) in [5, 5.41) is 8.78. The molecular formula is C11H16N2O4S. The number of hydrogen-bond donors (Lipinski definition) is 1. The number of carboxylic acid groups (broad SMARTS) is 1. The summed E-state index contributed by atoms with van der Waals surface area (Å²) in [5.41, 5.74) is 0. The third-order valence-electron chi connectivity index (χ3n) is 3.05. The third kappa shape index (κ3) is 3.38. The average Bonchev–Trinajstić information content (AvgIpc) is 3.07. The minimum absolute atomic E-state index is 0.0130. The van der Waals surface area contributed by atoms with Crippen molar-refractivity contribution in [3.63, 3.8) is 0 Å². The van der Waals surface area contributed by atoms with Gasteiger partial charge in [-0.15, -0.1) is 0 Å². The van der Waals surface area contributed by atoms with E-state index in [1.807, 2.05) is 0 Å². The molecule has 2 fully saturated rings. The second kappa shape index (κ2) is 5.60. The van der Waals surface area contributed by atoms with Crippen LogP contribution in [0.25, 0.3) is 0 Å². The predicted molar refractivity (Wildman–Crippen MR) is 66.4 cm³/mol. The fourth-order valence-electron chi connectivity index (χ4n) is 1.96. The minimum atomic E-state index is -0.983. The van der Waals surface area contributed by atoms with E-state index in [0.29, 0.717) is 13.1 Å². The maximum atomic E-state index is 11.9. The van der Waals surface area contributed by atoms with E-state index in [9.17, 15) is 14.4 Å². The molecule has 6 nitrogen and oxygen atoms in total. The van der Waals surface area contributed by atoms with Gasteiger partial charge in [-0.05, 0) is 12.8 Å². The standard InChI is InChI=1S/C11H16N2O4S/c14-9(3-4-12-5-6-18-11(12)17)13(7-10(15)16)8-1-2-8/h8H,1-7H2,(H,15,16). The highest BCUT2D eigenvalue weighted by Gasteiger charge is 2.34. The molecule has 0 spiro atoms. The van der Waals surface area contributed by atoms with Crippen molar-refractivity contribution in [3.05, 3.63) is 0 Å². The summed E-state index contributed by atoms with van der Waals surface area (Å²) in [6.45, 7) is 0.846. The molecule has 0 aromatic carbocycles. The van der Waals surface area contributed by atoms with Crippen LogP contribution in [0.5, 0.6) is 0 Å². The molecule has 0 unspecified atom stereocenters. The first-order valence-corrected chi connectivity index (χ1v) is 6.99. The molecule has 1 saturated heterocycles. The second-order valence-corrected chi connectivity index (χ2v) is 5.54. The summed E-state index contributed by atoms with van der Waals surface area (Å²) >= 11 is 1.26. The Morgan fingerprint density at radius 1 is 1.44 bits per heavy atom. The van der Waals surface area contributed by atoms with Crippen LogP contribution in [0.4, 0.5) is 4.79 Å². The lowest BCUT2D eigenvalue weighted by Gasteiger charge is -2.22. The van der Waals surface area contributed by atoms with Crippen molar-refractivity contribution in [3.8, 4) is 0 Å². The van der Waals surface area contributed by atoms with Gasteiger partial charge in [0.1, 0.15) is 6.54 Å². The van der Waals surface area contributed by atoms with Crippen LogP contribution in [0, 0.1) is 0 Å². The van der Waals surface area contributed by atoms with Crippen molar-refractivity contribution in [2.75, 3.05) is 25.4 Å². The molecule has 100 valence electrons. The number of nitrogens with zero attached hydrogens (tertiary/aromatic N) is 2. The van der Waals surface area contributed by atoms with Crippen molar-refractivity contribution < 1.29 is 19.5 Å². The van der Waals surface area contributed by atoms with Gasteiger partial charge in [0, 0.05) is 31.3 Å². The number of thioether (sulfide) groups is 1. The lowest BCUT2D eigenvalue weighted by atomic mass is 10.3. The molecule has 0 aromatic heterocycles. The van der Waals surface area contributed by atoms with Crippen molar-refractivity contribution in [2.24, 2.45) is 0 Å². The molecule has 0 bridgehead atoms. The SMILES string of the molecule is O=C(O)CN(C(=O)CCN1CCSC1=O)C1CC1. The number of amides is 2. The molecule has 2 rings (SSSR count). The molecule has 2 aliphatic rings. The number of rotatable bonds is 6. The normalized spacial score (nSPS) is 19.1. The highest BCUT2D eigenvalue weighted by Crippen LogP contribution is 2.27. The summed E-state index contributed by atoms with van der Waals surface area (Å²) < 4.78 is 0. The number of carbonyl (C=O) groups is 3. The summed E-state index contributed by atoms with van der Waals surface area (Å²) in [4.78, 5) is 37.1. The van der Waals surface area contributed by atoms with Crippen LogP contribution in [0.3, 0.4) is 0 Å². The first kappa shape index (κ1) is 13.2. The minimum Gasteiger partial charge on any atom is -0.480 e. The zero-order valence-electron chi connectivity index (χ0n) is 10.0. The predicted octanol–water partition coefficient (Wildman–Crippen LogP) is 0.621. The Morgan fingerprint density at radius 3 is 2.67 bits per heavy atom. The van der Waals surface area contributed by atoms with Crippen LogP contribution in [0.15, 0.2) is 0 Å². The smallest absolute Gasteiger partial charge is 0.323 e. The number of hydrogen-bond acceptors (Lipinski definition) is 4. The maximum absolute atomic E-state index is 11.9. The van der Waals surface area contributed by atoms with E-state index in [-0.39, 0.29) is 30.2 Å². The lowest BCUT2D eigenvalue weighted by molar-refractivity contribution is -0.145. The third-order valence-corrected chi connectivity index (χ3v) is 3.95. The Balaban J connectivity index is 1.81. The van der Waals surface area contributed by atoms with Gasteiger partial charge in [-0.1, -0.05) is 11.8 Å². The van der Waals surface area contributed by atoms with E-state index in [4.69, 9.17) is 5.11 Å². The molecule has 0 aromatic rings. The summed E-state index contributed by atoms with van der Waals surface area (Å²) in [6.07, 6.45) is 1.99. The number of aliphatic carboxylic acids is 1. The number of carboxylic acids is 1. The molecular weight excluding hydrogens is 256 g/mol. The molecule has 1 aliphatic carbocycles. The van der Waals surface area contributed by atoms with Crippen LogP contribution < -0.4 is 0 Å². The lowest BCUT2D eigenvalue weighted by Crippen LogP contribution is -2.39. The van der Waals surface area contributed by atoms with E-state index in [0.717, 1.165) is 18.6 Å². The van der Waals surface area contributed by atoms with Gasteiger partial charge in [-0.25, -0.2) is 0 Å². The average molecular weight is 272 g/mol. The Bertz CT molecular complexity index is 370. The molecule has 0 radical (unpaired) electrons. The van der Waals surface area contributed by atoms with Crippen LogP contribution in [-0.4, -0.2) is 63.5 Å². The Kier molecular flexibility index (Phi) is 4.11. The van der Waals surface area contributed by atoms with Gasteiger partial charge >= 0.3 is 5.97 Å². The van der Waals surface area contributed by atoms with Crippen molar-refractivity contribution in [2.45, 2.75) is 25.3 Å². The van der Waals surface area contributed by atoms with E-state index < -0.39 is 5.97 Å². The molecule has 7 heteroatoms. The fraction of sp³-hybridized carbons (Fsp3) is 0.727. The van der Waals surface area contributed by atoms with Crippen molar-refractivity contribution >= 4 is 28.9 Å². The molecule has 1 saturated carbocycles. The Labute approximate surface area is 109 Å². The molecule has 1 aliphatic heterocycles. The van der Waals surface area contributed by atoms with Gasteiger partial charge in [-0.2, -0.15) is 0 Å². The van der Waals surface area contributed by atoms with Crippen LogP contribution >= 0.6 is 11.8 Å². The van der Waals surface area contributed by atoms with Crippen molar-refractivity contribution in [1.29, 1.82) is 0 Å². The topological polar surface area (TPSA) is 77.9 Å². The Morgan fingerprint density at radius 2 is 2.17 bits per heavy atom. The van der Waals surface area contributed by atoms with Gasteiger partial charge in [0.15, 0.2) is 0 Å². The summed E-state index contributed by atoms with van der Waals surface area (Å²) in [5.74, 6) is -0.373. The number of carbonyl (C=O) groups excluding carboxylic acids is 2. The van der Waals surface area contributed by atoms with E-state index in [1.165, 1.54) is 16.7 Å². The largest absolute Gasteiger partial charge is 0.480 e. The van der Waals surface area contributed by atoms with E-state index in [2.05, 4.69) is 0 Å². The van der Waals surface area contributed by atoms with Gasteiger partial charge in [0.25, 0.3) is 5.24 Å². The van der Waals surface area contributed by atoms with Gasteiger partial charge in [-0.3, -0.25) is 14.4 Å². The van der Waals surface area contributed by atoms with Gasteiger partial charge in [0.05, 0.1) is 0 Å². The highest BCUT2D eigenvalue weighted by molar-refractivity contribution is 8.13. The van der Waals surface area contributed by atoms with Crippen LogP contribution in [0.2, 0.25) is 0 Å². The van der Waals surface area contributed by atoms with E-state index in [1.54, 1.807) is 4.90 Å². The highest BCUT2D eigenvalue weighted by atomic mass is 32.2. The van der Waals surface area contributed by atoms with Crippen LogP contribution in [0.1, 0.15) is 19.3 Å².